The van der Waals surface area contributed by atoms with Crippen molar-refractivity contribution in [2.24, 2.45) is 0 Å². The molecule has 12 heavy (non-hydrogen) atoms. The molecule has 0 unspecified atom stereocenters. The van der Waals surface area contributed by atoms with Gasteiger partial charge in [0.05, 0.1) is 12.7 Å². The first kappa shape index (κ1) is 8.93. The molecule has 0 saturated carbocycles. The highest BCUT2D eigenvalue weighted by Crippen LogP contribution is 1.85. The van der Waals surface area contributed by atoms with E-state index in [1.165, 1.54) is 4.68 Å². The second-order valence-electron chi connectivity index (χ2n) is 2.70. The molecule has 0 aromatic carbocycles. The zero-order valence-corrected chi connectivity index (χ0v) is 7.37. The molecule has 0 radical (unpaired) electrons. The van der Waals surface area contributed by atoms with Crippen LogP contribution < -0.4 is 10.9 Å². The average Bonchev–Trinajstić information content (AvgIpc) is 2.03. The number of likely N-dealkylation sites (N-methyl/N-ethyl adjacent to an activating group) is 1. The predicted octanol–water partition coefficient (Wildman–Crippen LogP) is -0.229. The van der Waals surface area contributed by atoms with Crippen LogP contribution in [0.15, 0.2) is 17.1 Å². The molecule has 66 valence electrons. The normalized spacial score (nSPS) is 10.2. The Bertz CT molecular complexity index is 305. The van der Waals surface area contributed by atoms with E-state index in [9.17, 15) is 4.79 Å². The minimum Gasteiger partial charge on any atom is -0.318 e. The number of aryl methyl sites for hydroxylation is 1. The van der Waals surface area contributed by atoms with Crippen molar-refractivity contribution in [2.45, 2.75) is 13.5 Å². The van der Waals surface area contributed by atoms with Gasteiger partial charge in [-0.05, 0) is 19.5 Å². The Morgan fingerprint density at radius 2 is 2.42 bits per heavy atom. The van der Waals surface area contributed by atoms with Gasteiger partial charge in [0, 0.05) is 12.6 Å². The third kappa shape index (κ3) is 2.17. The summed E-state index contributed by atoms with van der Waals surface area (Å²) in [6.45, 7) is 3.24. The summed E-state index contributed by atoms with van der Waals surface area (Å²) in [5, 5.41) is 6.94. The van der Waals surface area contributed by atoms with Gasteiger partial charge >= 0.3 is 0 Å². The maximum Gasteiger partial charge on any atom is 0.267 e. The highest BCUT2D eigenvalue weighted by molar-refractivity contribution is 5.02. The fourth-order valence-electron chi connectivity index (χ4n) is 0.910. The zero-order chi connectivity index (χ0) is 8.97. The van der Waals surface area contributed by atoms with Crippen LogP contribution in [0.2, 0.25) is 0 Å². The third-order valence-corrected chi connectivity index (χ3v) is 1.58. The van der Waals surface area contributed by atoms with E-state index in [1.54, 1.807) is 12.3 Å². The molecule has 1 heterocycles. The Labute approximate surface area is 71.2 Å². The van der Waals surface area contributed by atoms with Crippen molar-refractivity contribution in [3.05, 3.63) is 28.2 Å². The van der Waals surface area contributed by atoms with Crippen molar-refractivity contribution < 1.29 is 0 Å². The standard InChI is InChI=1S/C8H13N3O/c1-7-5-8(12)11(10-6-7)4-3-9-2/h5-6,9H,3-4H2,1-2H3. The second-order valence-corrected chi connectivity index (χ2v) is 2.70. The van der Waals surface area contributed by atoms with Crippen LogP contribution in [0.1, 0.15) is 5.56 Å². The first-order valence-electron chi connectivity index (χ1n) is 3.92. The van der Waals surface area contributed by atoms with Gasteiger partial charge in [-0.3, -0.25) is 4.79 Å². The molecule has 0 aliphatic rings. The Hall–Kier alpha value is -1.16. The lowest BCUT2D eigenvalue weighted by molar-refractivity contribution is 0.553. The SMILES string of the molecule is CNCCn1ncc(C)cc1=O. The average molecular weight is 167 g/mol. The van der Waals surface area contributed by atoms with E-state index in [4.69, 9.17) is 0 Å². The monoisotopic (exact) mass is 167 g/mol. The third-order valence-electron chi connectivity index (χ3n) is 1.58. The molecule has 0 amide bonds. The van der Waals surface area contributed by atoms with Crippen LogP contribution in [0, 0.1) is 6.92 Å². The van der Waals surface area contributed by atoms with Gasteiger partial charge < -0.3 is 5.32 Å². The fraction of sp³-hybridized carbons (Fsp3) is 0.500. The highest BCUT2D eigenvalue weighted by atomic mass is 16.1. The number of hydrogen-bond acceptors (Lipinski definition) is 3. The van der Waals surface area contributed by atoms with Crippen LogP contribution in [-0.2, 0) is 6.54 Å². The number of rotatable bonds is 3. The maximum absolute atomic E-state index is 11.2. The van der Waals surface area contributed by atoms with Crippen LogP contribution >= 0.6 is 0 Å². The summed E-state index contributed by atoms with van der Waals surface area (Å²) < 4.78 is 1.45. The summed E-state index contributed by atoms with van der Waals surface area (Å²) in [5.74, 6) is 0. The topological polar surface area (TPSA) is 46.9 Å². The van der Waals surface area contributed by atoms with Gasteiger partial charge in [-0.25, -0.2) is 4.68 Å². The van der Waals surface area contributed by atoms with Gasteiger partial charge in [-0.2, -0.15) is 5.10 Å². The fourth-order valence-corrected chi connectivity index (χ4v) is 0.910. The van der Waals surface area contributed by atoms with Gasteiger partial charge in [0.15, 0.2) is 0 Å². The largest absolute Gasteiger partial charge is 0.318 e. The van der Waals surface area contributed by atoms with E-state index in [0.717, 1.165) is 12.1 Å². The first-order chi connectivity index (χ1) is 5.74. The molecular weight excluding hydrogens is 154 g/mol. The van der Waals surface area contributed by atoms with Gasteiger partial charge in [0.2, 0.25) is 0 Å². The minimum absolute atomic E-state index is 0.0368. The molecular formula is C8H13N3O. The Kier molecular flexibility index (Phi) is 2.99. The number of nitrogens with one attached hydrogen (secondary N) is 1. The molecule has 1 N–H and O–H groups in total. The quantitative estimate of drug-likeness (QED) is 0.676. The lowest BCUT2D eigenvalue weighted by atomic mass is 10.3. The van der Waals surface area contributed by atoms with E-state index < -0.39 is 0 Å². The second kappa shape index (κ2) is 4.01. The molecule has 4 nitrogen and oxygen atoms in total. The predicted molar refractivity (Wildman–Crippen MR) is 47.2 cm³/mol. The molecule has 0 atom stereocenters. The highest BCUT2D eigenvalue weighted by Gasteiger charge is 1.95. The van der Waals surface area contributed by atoms with E-state index in [0.29, 0.717) is 6.54 Å². The Morgan fingerprint density at radius 3 is 3.00 bits per heavy atom. The van der Waals surface area contributed by atoms with Crippen molar-refractivity contribution in [3.63, 3.8) is 0 Å². The molecule has 1 rings (SSSR count). The Morgan fingerprint density at radius 1 is 1.67 bits per heavy atom. The van der Waals surface area contributed by atoms with Gasteiger partial charge in [-0.15, -0.1) is 0 Å². The van der Waals surface area contributed by atoms with Crippen LogP contribution in [0.4, 0.5) is 0 Å². The van der Waals surface area contributed by atoms with Crippen LogP contribution in [0.5, 0.6) is 0 Å². The molecule has 1 aromatic rings. The minimum atomic E-state index is -0.0368. The first-order valence-corrected chi connectivity index (χ1v) is 3.92. The van der Waals surface area contributed by atoms with Crippen molar-refractivity contribution >= 4 is 0 Å². The van der Waals surface area contributed by atoms with Crippen LogP contribution in [0.25, 0.3) is 0 Å². The number of nitrogens with zero attached hydrogens (tertiary/aromatic N) is 2. The molecule has 0 spiro atoms. The zero-order valence-electron chi connectivity index (χ0n) is 7.37. The Balaban J connectivity index is 2.80. The molecule has 0 bridgehead atoms. The molecule has 0 aliphatic heterocycles. The smallest absolute Gasteiger partial charge is 0.267 e. The lowest BCUT2D eigenvalue weighted by Gasteiger charge is -2.02. The maximum atomic E-state index is 11.2. The van der Waals surface area contributed by atoms with Crippen LogP contribution in [-0.4, -0.2) is 23.4 Å². The van der Waals surface area contributed by atoms with Crippen molar-refractivity contribution in [1.82, 2.24) is 15.1 Å². The summed E-state index contributed by atoms with van der Waals surface area (Å²) in [6.07, 6.45) is 1.69. The molecule has 4 heteroatoms. The summed E-state index contributed by atoms with van der Waals surface area (Å²) in [6, 6.07) is 1.59. The molecule has 0 saturated heterocycles. The van der Waals surface area contributed by atoms with Crippen LogP contribution in [0.3, 0.4) is 0 Å². The molecule has 0 fully saturated rings. The lowest BCUT2D eigenvalue weighted by Crippen LogP contribution is -2.27. The van der Waals surface area contributed by atoms with E-state index >= 15 is 0 Å². The number of aromatic nitrogens is 2. The van der Waals surface area contributed by atoms with Gasteiger partial charge in [0.1, 0.15) is 0 Å². The summed E-state index contributed by atoms with van der Waals surface area (Å²) in [7, 11) is 1.85. The van der Waals surface area contributed by atoms with Crippen molar-refractivity contribution in [1.29, 1.82) is 0 Å². The van der Waals surface area contributed by atoms with Crippen molar-refractivity contribution in [2.75, 3.05) is 13.6 Å². The van der Waals surface area contributed by atoms with Gasteiger partial charge in [0.25, 0.3) is 5.56 Å². The molecule has 1 aromatic heterocycles. The molecule has 0 aliphatic carbocycles. The van der Waals surface area contributed by atoms with Gasteiger partial charge in [-0.1, -0.05) is 0 Å². The number of hydrogen-bond donors (Lipinski definition) is 1. The van der Waals surface area contributed by atoms with Crippen molar-refractivity contribution in [3.8, 4) is 0 Å². The van der Waals surface area contributed by atoms with E-state index in [-0.39, 0.29) is 5.56 Å². The van der Waals surface area contributed by atoms with E-state index in [2.05, 4.69) is 10.4 Å². The summed E-state index contributed by atoms with van der Waals surface area (Å²) in [5.41, 5.74) is 0.867. The summed E-state index contributed by atoms with van der Waals surface area (Å²) >= 11 is 0. The van der Waals surface area contributed by atoms with E-state index in [1.807, 2.05) is 14.0 Å². The summed E-state index contributed by atoms with van der Waals surface area (Å²) in [4.78, 5) is 11.2.